The molecule has 20 heavy (non-hydrogen) atoms. The van der Waals surface area contributed by atoms with Crippen molar-refractivity contribution >= 4 is 34.9 Å². The number of nitro benzene ring substituents is 1. The van der Waals surface area contributed by atoms with Crippen LogP contribution in [0.3, 0.4) is 0 Å². The predicted molar refractivity (Wildman–Crippen MR) is 69.4 cm³/mol. The lowest BCUT2D eigenvalue weighted by molar-refractivity contribution is -0.384. The molecule has 1 heterocycles. The van der Waals surface area contributed by atoms with Gasteiger partial charge < -0.3 is 5.11 Å². The monoisotopic (exact) mass is 316 g/mol. The molecule has 0 aliphatic heterocycles. The molecule has 0 radical (unpaired) electrons. The molecule has 0 aliphatic carbocycles. The number of carbonyl (C=O) groups is 1. The van der Waals surface area contributed by atoms with Crippen LogP contribution in [-0.4, -0.2) is 31.0 Å². The van der Waals surface area contributed by atoms with Crippen LogP contribution in [0.4, 0.5) is 5.69 Å². The minimum absolute atomic E-state index is 0.0102. The van der Waals surface area contributed by atoms with Gasteiger partial charge in [0, 0.05) is 12.1 Å². The summed E-state index contributed by atoms with van der Waals surface area (Å²) in [5.74, 6) is -1.06. The molecule has 8 nitrogen and oxygen atoms in total. The maximum atomic E-state index is 10.7. The normalized spacial score (nSPS) is 10.5. The van der Waals surface area contributed by atoms with Gasteiger partial charge in [-0.05, 0) is 0 Å². The molecule has 0 aliphatic rings. The molecular formula is C10H6Cl2N4O4. The number of aliphatic carboxylic acids is 1. The Morgan fingerprint density at radius 3 is 2.50 bits per heavy atom. The highest BCUT2D eigenvalue weighted by Gasteiger charge is 2.17. The molecule has 1 N–H and O–H groups in total. The standard InChI is InChI=1S/C10H6Cl2N4O4/c11-7-2-6(16(19)20)3-8(12)10(7)15-4-5(13-14-15)1-9(17)18/h2-4H,1H2,(H,17,18). The third-order valence-corrected chi connectivity index (χ3v) is 2.89. The summed E-state index contributed by atoms with van der Waals surface area (Å²) in [5.41, 5.74) is 0.153. The first kappa shape index (κ1) is 14.2. The largest absolute Gasteiger partial charge is 0.481 e. The van der Waals surface area contributed by atoms with Gasteiger partial charge in [0.25, 0.3) is 5.69 Å². The number of non-ortho nitro benzene ring substituents is 1. The second kappa shape index (κ2) is 5.43. The second-order valence-corrected chi connectivity index (χ2v) is 4.55. The van der Waals surface area contributed by atoms with Gasteiger partial charge in [0.15, 0.2) is 0 Å². The SMILES string of the molecule is O=C(O)Cc1cn(-c2c(Cl)cc([N+](=O)[O-])cc2Cl)nn1. The van der Waals surface area contributed by atoms with Gasteiger partial charge in [-0.2, -0.15) is 0 Å². The quantitative estimate of drug-likeness (QED) is 0.683. The minimum atomic E-state index is -1.06. The van der Waals surface area contributed by atoms with Crippen LogP contribution in [0.2, 0.25) is 10.0 Å². The van der Waals surface area contributed by atoms with E-state index in [0.717, 1.165) is 12.1 Å². The van der Waals surface area contributed by atoms with E-state index >= 15 is 0 Å². The molecule has 0 fully saturated rings. The van der Waals surface area contributed by atoms with Crippen LogP contribution < -0.4 is 0 Å². The number of hydrogen-bond donors (Lipinski definition) is 1. The summed E-state index contributed by atoms with van der Waals surface area (Å²) in [5, 5.41) is 26.7. The molecule has 0 saturated carbocycles. The zero-order chi connectivity index (χ0) is 14.9. The van der Waals surface area contributed by atoms with Crippen molar-refractivity contribution in [2.75, 3.05) is 0 Å². The van der Waals surface area contributed by atoms with Crippen molar-refractivity contribution in [3.05, 3.63) is 44.2 Å². The molecule has 0 saturated heterocycles. The van der Waals surface area contributed by atoms with E-state index < -0.39 is 10.9 Å². The lowest BCUT2D eigenvalue weighted by Gasteiger charge is -2.05. The number of carboxylic acids is 1. The molecule has 104 valence electrons. The number of nitrogens with zero attached hydrogens (tertiary/aromatic N) is 4. The number of benzene rings is 1. The van der Waals surface area contributed by atoms with Crippen LogP contribution in [0.1, 0.15) is 5.69 Å². The fourth-order valence-electron chi connectivity index (χ4n) is 1.52. The molecule has 1 aromatic heterocycles. The van der Waals surface area contributed by atoms with Crippen molar-refractivity contribution < 1.29 is 14.8 Å². The van der Waals surface area contributed by atoms with Crippen LogP contribution in [-0.2, 0) is 11.2 Å². The molecule has 0 amide bonds. The van der Waals surface area contributed by atoms with Crippen LogP contribution in [0.5, 0.6) is 0 Å². The Morgan fingerprint density at radius 1 is 1.40 bits per heavy atom. The van der Waals surface area contributed by atoms with Crippen molar-refractivity contribution in [1.29, 1.82) is 0 Å². The summed E-state index contributed by atoms with van der Waals surface area (Å²) < 4.78 is 1.17. The van der Waals surface area contributed by atoms with Gasteiger partial charge in [-0.1, -0.05) is 28.4 Å². The minimum Gasteiger partial charge on any atom is -0.481 e. The van der Waals surface area contributed by atoms with E-state index in [1.54, 1.807) is 0 Å². The number of halogens is 2. The van der Waals surface area contributed by atoms with Gasteiger partial charge in [0.1, 0.15) is 5.69 Å². The first-order valence-electron chi connectivity index (χ1n) is 5.15. The Bertz CT molecular complexity index is 677. The molecule has 2 rings (SSSR count). The van der Waals surface area contributed by atoms with E-state index in [4.69, 9.17) is 28.3 Å². The number of aromatic nitrogens is 3. The van der Waals surface area contributed by atoms with E-state index in [9.17, 15) is 14.9 Å². The molecule has 2 aromatic rings. The highest BCUT2D eigenvalue weighted by molar-refractivity contribution is 6.38. The summed E-state index contributed by atoms with van der Waals surface area (Å²) >= 11 is 11.9. The second-order valence-electron chi connectivity index (χ2n) is 3.74. The fourth-order valence-corrected chi connectivity index (χ4v) is 2.17. The van der Waals surface area contributed by atoms with E-state index in [2.05, 4.69) is 10.3 Å². The Labute approximate surface area is 121 Å². The maximum absolute atomic E-state index is 10.7. The van der Waals surface area contributed by atoms with Gasteiger partial charge >= 0.3 is 5.97 Å². The molecule has 0 bridgehead atoms. The van der Waals surface area contributed by atoms with Crippen molar-refractivity contribution in [2.45, 2.75) is 6.42 Å². The average Bonchev–Trinajstić information content (AvgIpc) is 2.75. The number of hydrogen-bond acceptors (Lipinski definition) is 5. The summed E-state index contributed by atoms with van der Waals surface area (Å²) in [4.78, 5) is 20.6. The van der Waals surface area contributed by atoms with Gasteiger partial charge in [-0.25, -0.2) is 4.68 Å². The highest BCUT2D eigenvalue weighted by Crippen LogP contribution is 2.32. The van der Waals surface area contributed by atoms with E-state index in [0.29, 0.717) is 0 Å². The molecule has 0 unspecified atom stereocenters. The summed E-state index contributed by atoms with van der Waals surface area (Å²) in [6, 6.07) is 2.25. The smallest absolute Gasteiger partial charge is 0.309 e. The third-order valence-electron chi connectivity index (χ3n) is 2.31. The van der Waals surface area contributed by atoms with Crippen LogP contribution >= 0.6 is 23.2 Å². The zero-order valence-electron chi connectivity index (χ0n) is 9.66. The lowest BCUT2D eigenvalue weighted by Crippen LogP contribution is -2.00. The van der Waals surface area contributed by atoms with Crippen molar-refractivity contribution in [3.63, 3.8) is 0 Å². The Balaban J connectivity index is 2.45. The molecule has 1 aromatic carbocycles. The van der Waals surface area contributed by atoms with E-state index in [-0.39, 0.29) is 33.5 Å². The van der Waals surface area contributed by atoms with Crippen LogP contribution in [0.15, 0.2) is 18.3 Å². The zero-order valence-corrected chi connectivity index (χ0v) is 11.2. The topological polar surface area (TPSA) is 111 Å². The fraction of sp³-hybridized carbons (Fsp3) is 0.100. The Morgan fingerprint density at radius 2 is 2.00 bits per heavy atom. The molecule has 10 heteroatoms. The van der Waals surface area contributed by atoms with Crippen molar-refractivity contribution in [3.8, 4) is 5.69 Å². The van der Waals surface area contributed by atoms with E-state index in [1.165, 1.54) is 10.9 Å². The van der Waals surface area contributed by atoms with Crippen molar-refractivity contribution in [1.82, 2.24) is 15.0 Å². The van der Waals surface area contributed by atoms with Crippen LogP contribution in [0.25, 0.3) is 5.69 Å². The van der Waals surface area contributed by atoms with Gasteiger partial charge in [0.05, 0.1) is 33.3 Å². The Kier molecular flexibility index (Phi) is 3.86. The summed E-state index contributed by atoms with van der Waals surface area (Å²) in [7, 11) is 0. The predicted octanol–water partition coefficient (Wildman–Crippen LogP) is 2.11. The average molecular weight is 317 g/mol. The molecule has 0 atom stereocenters. The van der Waals surface area contributed by atoms with Gasteiger partial charge in [0.2, 0.25) is 0 Å². The number of carboxylic acid groups (broad SMARTS) is 1. The lowest BCUT2D eigenvalue weighted by atomic mass is 10.2. The third kappa shape index (κ3) is 2.86. The number of nitro groups is 1. The molecule has 0 spiro atoms. The number of rotatable bonds is 4. The van der Waals surface area contributed by atoms with E-state index in [1.807, 2.05) is 0 Å². The van der Waals surface area contributed by atoms with Gasteiger partial charge in [-0.3, -0.25) is 14.9 Å². The summed E-state index contributed by atoms with van der Waals surface area (Å²) in [6.07, 6.45) is 1.04. The maximum Gasteiger partial charge on any atom is 0.309 e. The first-order chi connectivity index (χ1) is 9.38. The summed E-state index contributed by atoms with van der Waals surface area (Å²) in [6.45, 7) is 0. The Hall–Kier alpha value is -2.19. The van der Waals surface area contributed by atoms with Crippen molar-refractivity contribution in [2.24, 2.45) is 0 Å². The highest BCUT2D eigenvalue weighted by atomic mass is 35.5. The van der Waals surface area contributed by atoms with Gasteiger partial charge in [-0.15, -0.1) is 5.10 Å². The first-order valence-corrected chi connectivity index (χ1v) is 5.91. The molecular weight excluding hydrogens is 311 g/mol. The van der Waals surface area contributed by atoms with Crippen LogP contribution in [0, 0.1) is 10.1 Å².